The van der Waals surface area contributed by atoms with Gasteiger partial charge in [-0.1, -0.05) is 0 Å². The van der Waals surface area contributed by atoms with E-state index in [4.69, 9.17) is 5.11 Å². The molecule has 1 heterocycles. The second-order valence-electron chi connectivity index (χ2n) is 6.14. The second-order valence-corrected chi connectivity index (χ2v) is 6.14. The van der Waals surface area contributed by atoms with E-state index in [9.17, 15) is 4.79 Å². The Morgan fingerprint density at radius 1 is 1.09 bits per heavy atom. The van der Waals surface area contributed by atoms with Gasteiger partial charge in [-0.25, -0.2) is 0 Å². The SMILES string of the molecule is CN(C)CCN(CCC(=O)O)c1ccc(N2CCCC2)cc1. The lowest BCUT2D eigenvalue weighted by Gasteiger charge is -2.27. The molecule has 2 rings (SSSR count). The molecule has 0 aromatic heterocycles. The predicted octanol–water partition coefficient (Wildman–Crippen LogP) is 2.13. The van der Waals surface area contributed by atoms with Gasteiger partial charge in [0.15, 0.2) is 0 Å². The molecule has 0 unspecified atom stereocenters. The van der Waals surface area contributed by atoms with Crippen LogP contribution < -0.4 is 9.80 Å². The molecule has 5 nitrogen and oxygen atoms in total. The number of carboxylic acids is 1. The molecule has 122 valence electrons. The quantitative estimate of drug-likeness (QED) is 0.797. The lowest BCUT2D eigenvalue weighted by Crippen LogP contribution is -2.33. The smallest absolute Gasteiger partial charge is 0.305 e. The highest BCUT2D eigenvalue weighted by molar-refractivity contribution is 5.68. The van der Waals surface area contributed by atoms with Gasteiger partial charge in [-0.3, -0.25) is 4.79 Å². The number of carboxylic acid groups (broad SMARTS) is 1. The number of rotatable bonds is 8. The summed E-state index contributed by atoms with van der Waals surface area (Å²) in [6.45, 7) is 4.58. The van der Waals surface area contributed by atoms with Crippen molar-refractivity contribution in [3.05, 3.63) is 24.3 Å². The van der Waals surface area contributed by atoms with Crippen molar-refractivity contribution in [3.8, 4) is 0 Å². The minimum atomic E-state index is -0.747. The number of carbonyl (C=O) groups is 1. The topological polar surface area (TPSA) is 47.0 Å². The van der Waals surface area contributed by atoms with Crippen LogP contribution in [0.3, 0.4) is 0 Å². The van der Waals surface area contributed by atoms with E-state index in [0.717, 1.165) is 31.9 Å². The highest BCUT2D eigenvalue weighted by Crippen LogP contribution is 2.24. The largest absolute Gasteiger partial charge is 0.481 e. The Bertz CT molecular complexity index is 467. The van der Waals surface area contributed by atoms with E-state index in [1.54, 1.807) is 0 Å². The number of aliphatic carboxylic acids is 1. The van der Waals surface area contributed by atoms with E-state index < -0.39 is 5.97 Å². The van der Waals surface area contributed by atoms with Gasteiger partial charge in [0.2, 0.25) is 0 Å². The van der Waals surface area contributed by atoms with E-state index in [-0.39, 0.29) is 6.42 Å². The summed E-state index contributed by atoms with van der Waals surface area (Å²) in [6, 6.07) is 8.55. The molecule has 1 aliphatic rings. The maximum Gasteiger partial charge on any atom is 0.305 e. The normalized spacial score (nSPS) is 14.6. The van der Waals surface area contributed by atoms with Gasteiger partial charge in [-0.05, 0) is 51.2 Å². The third-order valence-electron chi connectivity index (χ3n) is 4.10. The number of anilines is 2. The molecule has 0 atom stereocenters. The van der Waals surface area contributed by atoms with Crippen LogP contribution in [0.1, 0.15) is 19.3 Å². The summed E-state index contributed by atoms with van der Waals surface area (Å²) >= 11 is 0. The summed E-state index contributed by atoms with van der Waals surface area (Å²) in [7, 11) is 4.07. The van der Waals surface area contributed by atoms with Gasteiger partial charge in [0.1, 0.15) is 0 Å². The zero-order valence-corrected chi connectivity index (χ0v) is 13.7. The molecule has 1 saturated heterocycles. The van der Waals surface area contributed by atoms with Gasteiger partial charge < -0.3 is 19.8 Å². The van der Waals surface area contributed by atoms with E-state index >= 15 is 0 Å². The summed E-state index contributed by atoms with van der Waals surface area (Å²) < 4.78 is 0. The highest BCUT2D eigenvalue weighted by atomic mass is 16.4. The molecule has 1 aliphatic heterocycles. The van der Waals surface area contributed by atoms with Gasteiger partial charge in [0.05, 0.1) is 6.42 Å². The Labute approximate surface area is 133 Å². The molecule has 1 fully saturated rings. The first-order valence-electron chi connectivity index (χ1n) is 8.03. The van der Waals surface area contributed by atoms with E-state index in [0.29, 0.717) is 6.54 Å². The van der Waals surface area contributed by atoms with Gasteiger partial charge >= 0.3 is 5.97 Å². The average Bonchev–Trinajstić information content (AvgIpc) is 3.01. The number of likely N-dealkylation sites (N-methyl/N-ethyl adjacent to an activating group) is 1. The summed E-state index contributed by atoms with van der Waals surface area (Å²) in [5, 5.41) is 8.93. The van der Waals surface area contributed by atoms with Crippen molar-refractivity contribution < 1.29 is 9.90 Å². The fourth-order valence-electron chi connectivity index (χ4n) is 2.77. The Kier molecular flexibility index (Phi) is 6.07. The first-order chi connectivity index (χ1) is 10.6. The summed E-state index contributed by atoms with van der Waals surface area (Å²) in [6.07, 6.45) is 2.71. The summed E-state index contributed by atoms with van der Waals surface area (Å²) in [5.74, 6) is -0.747. The fraction of sp³-hybridized carbons (Fsp3) is 0.588. The zero-order valence-electron chi connectivity index (χ0n) is 13.7. The maximum atomic E-state index is 10.9. The number of hydrogen-bond acceptors (Lipinski definition) is 4. The molecule has 1 aromatic rings. The van der Waals surface area contributed by atoms with Crippen molar-refractivity contribution in [3.63, 3.8) is 0 Å². The predicted molar refractivity (Wildman–Crippen MR) is 90.9 cm³/mol. The fourth-order valence-corrected chi connectivity index (χ4v) is 2.77. The van der Waals surface area contributed by atoms with Crippen molar-refractivity contribution in [2.24, 2.45) is 0 Å². The van der Waals surface area contributed by atoms with Crippen LogP contribution in [0.5, 0.6) is 0 Å². The van der Waals surface area contributed by atoms with Crippen LogP contribution in [-0.4, -0.2) is 62.8 Å². The molecule has 0 bridgehead atoms. The Balaban J connectivity index is 2.02. The second kappa shape index (κ2) is 8.03. The van der Waals surface area contributed by atoms with Crippen LogP contribution in [0, 0.1) is 0 Å². The van der Waals surface area contributed by atoms with Crippen LogP contribution in [0.2, 0.25) is 0 Å². The molecule has 0 amide bonds. The van der Waals surface area contributed by atoms with Gasteiger partial charge in [-0.2, -0.15) is 0 Å². The minimum Gasteiger partial charge on any atom is -0.481 e. The highest BCUT2D eigenvalue weighted by Gasteiger charge is 2.13. The van der Waals surface area contributed by atoms with Crippen LogP contribution >= 0.6 is 0 Å². The van der Waals surface area contributed by atoms with Crippen LogP contribution in [-0.2, 0) is 4.79 Å². The van der Waals surface area contributed by atoms with Gasteiger partial charge in [-0.15, -0.1) is 0 Å². The zero-order chi connectivity index (χ0) is 15.9. The summed E-state index contributed by atoms with van der Waals surface area (Å²) in [4.78, 5) is 17.5. The van der Waals surface area contributed by atoms with Gasteiger partial charge in [0, 0.05) is 44.1 Å². The number of hydrogen-bond donors (Lipinski definition) is 1. The molecule has 0 saturated carbocycles. The van der Waals surface area contributed by atoms with Crippen LogP contribution in [0.15, 0.2) is 24.3 Å². The maximum absolute atomic E-state index is 10.9. The van der Waals surface area contributed by atoms with Crippen molar-refractivity contribution in [2.75, 3.05) is 56.6 Å². The first-order valence-corrected chi connectivity index (χ1v) is 8.03. The number of nitrogens with zero attached hydrogens (tertiary/aromatic N) is 3. The third-order valence-corrected chi connectivity index (χ3v) is 4.10. The van der Waals surface area contributed by atoms with Crippen LogP contribution in [0.4, 0.5) is 11.4 Å². The molecule has 5 heteroatoms. The lowest BCUT2D eigenvalue weighted by atomic mass is 10.2. The molecule has 1 aromatic carbocycles. The Morgan fingerprint density at radius 2 is 1.73 bits per heavy atom. The van der Waals surface area contributed by atoms with Crippen molar-refractivity contribution in [1.29, 1.82) is 0 Å². The Hall–Kier alpha value is -1.75. The monoisotopic (exact) mass is 305 g/mol. The minimum absolute atomic E-state index is 0.168. The van der Waals surface area contributed by atoms with Crippen molar-refractivity contribution in [2.45, 2.75) is 19.3 Å². The Morgan fingerprint density at radius 3 is 2.27 bits per heavy atom. The molecule has 0 radical (unpaired) electrons. The average molecular weight is 305 g/mol. The number of benzene rings is 1. The van der Waals surface area contributed by atoms with E-state index in [1.165, 1.54) is 18.5 Å². The molecular formula is C17H27N3O2. The van der Waals surface area contributed by atoms with Gasteiger partial charge in [0.25, 0.3) is 0 Å². The third kappa shape index (κ3) is 4.91. The molecule has 1 N–H and O–H groups in total. The van der Waals surface area contributed by atoms with Crippen LogP contribution in [0.25, 0.3) is 0 Å². The van der Waals surface area contributed by atoms with Crippen molar-refractivity contribution >= 4 is 17.3 Å². The lowest BCUT2D eigenvalue weighted by molar-refractivity contribution is -0.136. The molecular weight excluding hydrogens is 278 g/mol. The molecule has 0 spiro atoms. The first kappa shape index (κ1) is 16.6. The van der Waals surface area contributed by atoms with E-state index in [2.05, 4.69) is 39.0 Å². The van der Waals surface area contributed by atoms with Crippen molar-refractivity contribution in [1.82, 2.24) is 4.90 Å². The molecule has 22 heavy (non-hydrogen) atoms. The molecule has 0 aliphatic carbocycles. The standard InChI is InChI=1S/C17H27N3O2/c1-18(2)13-14-20(12-9-17(21)22)16-7-5-15(6-8-16)19-10-3-4-11-19/h5-8H,3-4,9-14H2,1-2H3,(H,21,22). The summed E-state index contributed by atoms with van der Waals surface area (Å²) in [5.41, 5.74) is 2.37. The van der Waals surface area contributed by atoms with E-state index in [1.807, 2.05) is 14.1 Å².